The number of rotatable bonds is 8. The third-order valence-corrected chi connectivity index (χ3v) is 8.35. The van der Waals surface area contributed by atoms with Crippen LogP contribution in [0.15, 0.2) is 27.4 Å². The van der Waals surface area contributed by atoms with Gasteiger partial charge in [-0.15, -0.1) is 10.2 Å². The lowest BCUT2D eigenvalue weighted by Crippen LogP contribution is -2.40. The van der Waals surface area contributed by atoms with E-state index in [0.29, 0.717) is 24.2 Å². The number of nitrogens with one attached hydrogen (secondary N) is 1. The number of benzene rings is 1. The molecule has 0 saturated carbocycles. The fraction of sp³-hybridized carbons (Fsp3) is 0.412. The smallest absolute Gasteiger partial charge is 0.316 e. The quantitative estimate of drug-likeness (QED) is 0.325. The first-order valence-electron chi connectivity index (χ1n) is 9.12. The number of ether oxygens (including phenoxy) is 2. The molecule has 0 radical (unpaired) electrons. The van der Waals surface area contributed by atoms with Crippen molar-refractivity contribution >= 4 is 61.7 Å². The Labute approximate surface area is 192 Å². The monoisotopic (exact) mass is 506 g/mol. The molecule has 14 heteroatoms. The van der Waals surface area contributed by atoms with Gasteiger partial charge in [-0.2, -0.15) is 4.31 Å². The molecule has 1 N–H and O–H groups in total. The van der Waals surface area contributed by atoms with Crippen LogP contribution in [0.4, 0.5) is 5.13 Å². The lowest BCUT2D eigenvalue weighted by molar-refractivity contribution is -0.139. The summed E-state index contributed by atoms with van der Waals surface area (Å²) in [5.41, 5.74) is 0.104. The third kappa shape index (κ3) is 6.14. The van der Waals surface area contributed by atoms with Gasteiger partial charge in [0.1, 0.15) is 4.90 Å². The SMILES string of the molecule is CCOC(=O)CSc1nnc(NC(=O)c2ccc(Cl)c(S(=O)(=O)N3CCOCC3)c2)s1. The number of hydrogen-bond donors (Lipinski definition) is 1. The molecule has 1 aliphatic rings. The number of esters is 1. The van der Waals surface area contributed by atoms with E-state index in [2.05, 4.69) is 15.5 Å². The van der Waals surface area contributed by atoms with Crippen molar-refractivity contribution in [2.24, 2.45) is 0 Å². The van der Waals surface area contributed by atoms with E-state index >= 15 is 0 Å². The minimum absolute atomic E-state index is 0.0246. The lowest BCUT2D eigenvalue weighted by Gasteiger charge is -2.26. The van der Waals surface area contributed by atoms with Gasteiger partial charge in [-0.3, -0.25) is 14.9 Å². The van der Waals surface area contributed by atoms with Gasteiger partial charge in [0.15, 0.2) is 4.34 Å². The van der Waals surface area contributed by atoms with Crippen molar-refractivity contribution in [3.63, 3.8) is 0 Å². The first kappa shape index (κ1) is 23.9. The van der Waals surface area contributed by atoms with Crippen molar-refractivity contribution < 1.29 is 27.5 Å². The van der Waals surface area contributed by atoms with E-state index < -0.39 is 15.9 Å². The second kappa shape index (κ2) is 10.7. The zero-order chi connectivity index (χ0) is 22.4. The van der Waals surface area contributed by atoms with Gasteiger partial charge in [-0.25, -0.2) is 8.42 Å². The van der Waals surface area contributed by atoms with Crippen LogP contribution in [0.25, 0.3) is 0 Å². The summed E-state index contributed by atoms with van der Waals surface area (Å²) in [6.07, 6.45) is 0. The lowest BCUT2D eigenvalue weighted by atomic mass is 10.2. The number of thioether (sulfide) groups is 1. The number of anilines is 1. The van der Waals surface area contributed by atoms with E-state index in [1.54, 1.807) is 6.92 Å². The molecule has 0 bridgehead atoms. The summed E-state index contributed by atoms with van der Waals surface area (Å²) in [6.45, 7) is 3.03. The highest BCUT2D eigenvalue weighted by atomic mass is 35.5. The van der Waals surface area contributed by atoms with Gasteiger partial charge >= 0.3 is 5.97 Å². The van der Waals surface area contributed by atoms with Gasteiger partial charge in [0.25, 0.3) is 5.91 Å². The molecule has 168 valence electrons. The minimum Gasteiger partial charge on any atom is -0.465 e. The summed E-state index contributed by atoms with van der Waals surface area (Å²) in [7, 11) is -3.87. The van der Waals surface area contributed by atoms with Crippen LogP contribution in [0.3, 0.4) is 0 Å². The van der Waals surface area contributed by atoms with Crippen molar-refractivity contribution in [3.05, 3.63) is 28.8 Å². The number of sulfonamides is 1. The normalized spacial score (nSPS) is 14.9. The van der Waals surface area contributed by atoms with E-state index in [1.165, 1.54) is 22.5 Å². The minimum atomic E-state index is -3.87. The molecule has 2 aromatic rings. The number of halogens is 1. The van der Waals surface area contributed by atoms with Gasteiger partial charge in [-0.05, 0) is 25.1 Å². The second-order valence-corrected chi connectivity index (χ2v) is 10.6. The number of nitrogens with zero attached hydrogens (tertiary/aromatic N) is 3. The van der Waals surface area contributed by atoms with Gasteiger partial charge in [-0.1, -0.05) is 34.7 Å². The maximum Gasteiger partial charge on any atom is 0.316 e. The highest BCUT2D eigenvalue weighted by molar-refractivity contribution is 8.01. The van der Waals surface area contributed by atoms with Crippen molar-refractivity contribution in [2.75, 3.05) is 44.0 Å². The highest BCUT2D eigenvalue weighted by Gasteiger charge is 2.29. The first-order valence-corrected chi connectivity index (χ1v) is 12.7. The van der Waals surface area contributed by atoms with Crippen LogP contribution in [0.2, 0.25) is 5.02 Å². The summed E-state index contributed by atoms with van der Waals surface area (Å²) < 4.78 is 37.6. The Bertz CT molecular complexity index is 1060. The Hall–Kier alpha value is -1.77. The van der Waals surface area contributed by atoms with Crippen LogP contribution in [-0.4, -0.2) is 73.5 Å². The van der Waals surface area contributed by atoms with Crippen LogP contribution < -0.4 is 5.32 Å². The van der Waals surface area contributed by atoms with E-state index in [9.17, 15) is 18.0 Å². The molecule has 0 spiro atoms. The molecule has 31 heavy (non-hydrogen) atoms. The molecule has 0 atom stereocenters. The van der Waals surface area contributed by atoms with E-state index in [4.69, 9.17) is 21.1 Å². The van der Waals surface area contributed by atoms with Crippen molar-refractivity contribution in [3.8, 4) is 0 Å². The van der Waals surface area contributed by atoms with E-state index in [0.717, 1.165) is 23.1 Å². The number of hydrogen-bond acceptors (Lipinski definition) is 10. The molecular formula is C17H19ClN4O6S3. The Kier molecular flexibility index (Phi) is 8.24. The van der Waals surface area contributed by atoms with Crippen LogP contribution in [0.5, 0.6) is 0 Å². The molecule has 3 rings (SSSR count). The molecular weight excluding hydrogens is 488 g/mol. The Morgan fingerprint density at radius 2 is 2.06 bits per heavy atom. The summed E-state index contributed by atoms with van der Waals surface area (Å²) in [4.78, 5) is 23.9. The average molecular weight is 507 g/mol. The van der Waals surface area contributed by atoms with Gasteiger partial charge in [0, 0.05) is 18.7 Å². The maximum absolute atomic E-state index is 12.9. The number of aromatic nitrogens is 2. The van der Waals surface area contributed by atoms with Crippen LogP contribution in [-0.2, 0) is 24.3 Å². The average Bonchev–Trinajstić information content (AvgIpc) is 3.20. The summed E-state index contributed by atoms with van der Waals surface area (Å²) in [5, 5.41) is 10.6. The number of morpholine rings is 1. The second-order valence-electron chi connectivity index (χ2n) is 6.08. The fourth-order valence-electron chi connectivity index (χ4n) is 2.58. The molecule has 1 aliphatic heterocycles. The van der Waals surface area contributed by atoms with Crippen molar-refractivity contribution in [1.82, 2.24) is 14.5 Å². The summed E-state index contributed by atoms with van der Waals surface area (Å²) in [5.74, 6) is -0.854. The van der Waals surface area contributed by atoms with Gasteiger partial charge in [0.2, 0.25) is 15.2 Å². The van der Waals surface area contributed by atoms with Crippen molar-refractivity contribution in [1.29, 1.82) is 0 Å². The largest absolute Gasteiger partial charge is 0.465 e. The Morgan fingerprint density at radius 1 is 1.32 bits per heavy atom. The summed E-state index contributed by atoms with van der Waals surface area (Å²) in [6, 6.07) is 4.03. The molecule has 1 saturated heterocycles. The van der Waals surface area contributed by atoms with Crippen LogP contribution in [0.1, 0.15) is 17.3 Å². The Balaban J connectivity index is 1.70. The molecule has 1 fully saturated rings. The maximum atomic E-state index is 12.9. The molecule has 0 aliphatic carbocycles. The third-order valence-electron chi connectivity index (χ3n) is 4.03. The molecule has 2 heterocycles. The number of carbonyl (C=O) groups is 2. The zero-order valence-electron chi connectivity index (χ0n) is 16.4. The molecule has 1 aromatic carbocycles. The first-order chi connectivity index (χ1) is 14.8. The van der Waals surface area contributed by atoms with E-state index in [1.807, 2.05) is 0 Å². The fourth-order valence-corrected chi connectivity index (χ4v) is 6.03. The highest BCUT2D eigenvalue weighted by Crippen LogP contribution is 2.28. The standard InChI is InChI=1S/C17H19ClN4O6S3/c1-2-28-14(23)10-29-17-21-20-16(30-17)19-15(24)11-3-4-12(18)13(9-11)31(25,26)22-5-7-27-8-6-22/h3-4,9H,2,5-8,10H2,1H3,(H,19,20,24). The molecule has 0 unspecified atom stereocenters. The topological polar surface area (TPSA) is 128 Å². The van der Waals surface area contributed by atoms with Crippen LogP contribution >= 0.6 is 34.7 Å². The predicted molar refractivity (Wildman–Crippen MR) is 116 cm³/mol. The number of carbonyl (C=O) groups excluding carboxylic acids is 2. The predicted octanol–water partition coefficient (Wildman–Crippen LogP) is 2.12. The summed E-state index contributed by atoms with van der Waals surface area (Å²) >= 11 is 8.35. The van der Waals surface area contributed by atoms with Gasteiger partial charge in [0.05, 0.1) is 30.6 Å². The van der Waals surface area contributed by atoms with Crippen molar-refractivity contribution in [2.45, 2.75) is 16.2 Å². The molecule has 10 nitrogen and oxygen atoms in total. The van der Waals surface area contributed by atoms with Crippen LogP contribution in [0, 0.1) is 0 Å². The van der Waals surface area contributed by atoms with Gasteiger partial charge < -0.3 is 9.47 Å². The van der Waals surface area contributed by atoms with E-state index in [-0.39, 0.29) is 45.4 Å². The Morgan fingerprint density at radius 3 is 2.77 bits per heavy atom. The molecule has 1 amide bonds. The molecule has 1 aromatic heterocycles. The zero-order valence-corrected chi connectivity index (χ0v) is 19.6. The number of amides is 1.